The van der Waals surface area contributed by atoms with Crippen molar-refractivity contribution < 1.29 is 8.42 Å². The highest BCUT2D eigenvalue weighted by molar-refractivity contribution is 7.91. The Bertz CT molecular complexity index is 736. The fourth-order valence-electron chi connectivity index (χ4n) is 2.62. The van der Waals surface area contributed by atoms with Crippen LogP contribution in [0.25, 0.3) is 0 Å². The summed E-state index contributed by atoms with van der Waals surface area (Å²) in [6, 6.07) is 0.303. The number of nitrogens with zero attached hydrogens (tertiary/aromatic N) is 4. The predicted molar refractivity (Wildman–Crippen MR) is 80.8 cm³/mol. The third-order valence-corrected chi connectivity index (χ3v) is 6.15. The summed E-state index contributed by atoms with van der Waals surface area (Å²) in [5.41, 5.74) is 0. The number of hydrogen-bond donors (Lipinski definition) is 1. The smallest absolute Gasteiger partial charge is 0.249 e. The topological polar surface area (TPSA) is 94.1 Å². The normalized spacial score (nSPS) is 19.3. The van der Waals surface area contributed by atoms with Crippen LogP contribution < -0.4 is 10.0 Å². The van der Waals surface area contributed by atoms with E-state index in [1.807, 2.05) is 13.1 Å². The van der Waals surface area contributed by atoms with Crippen LogP contribution in [-0.4, -0.2) is 35.5 Å². The Hall–Kier alpha value is -1.45. The summed E-state index contributed by atoms with van der Waals surface area (Å²) < 4.78 is 24.9. The lowest BCUT2D eigenvalue weighted by atomic mass is 10.2. The third kappa shape index (κ3) is 2.94. The first kappa shape index (κ1) is 14.5. The molecule has 21 heavy (non-hydrogen) atoms. The van der Waals surface area contributed by atoms with Gasteiger partial charge in [0.2, 0.25) is 10.0 Å². The van der Waals surface area contributed by atoms with Crippen LogP contribution in [0.5, 0.6) is 0 Å². The van der Waals surface area contributed by atoms with Gasteiger partial charge in [0, 0.05) is 31.5 Å². The monoisotopic (exact) mass is 327 g/mol. The Labute approximate surface area is 127 Å². The van der Waals surface area contributed by atoms with Gasteiger partial charge in [0.05, 0.1) is 6.20 Å². The summed E-state index contributed by atoms with van der Waals surface area (Å²) in [4.78, 5) is 10.6. The zero-order valence-corrected chi connectivity index (χ0v) is 13.3. The van der Waals surface area contributed by atoms with Crippen LogP contribution in [-0.2, 0) is 16.6 Å². The first-order valence-electron chi connectivity index (χ1n) is 6.68. The standard InChI is InChI=1S/C12H17N5O2S2/c1-9-14-4-6-16(9)8-10-3-2-5-17(10)12-15-7-11(20-12)21(13,18)19/h4,6-7,10H,2-3,5,8H2,1H3,(H2,13,18,19)/t10-/m1/s1. The number of nitrogens with two attached hydrogens (primary N) is 1. The molecule has 1 atom stereocenters. The van der Waals surface area contributed by atoms with Crippen LogP contribution in [0.2, 0.25) is 0 Å². The largest absolute Gasteiger partial charge is 0.343 e. The van der Waals surface area contributed by atoms with Gasteiger partial charge >= 0.3 is 0 Å². The van der Waals surface area contributed by atoms with Crippen molar-refractivity contribution in [1.29, 1.82) is 0 Å². The van der Waals surface area contributed by atoms with Crippen LogP contribution in [0, 0.1) is 6.92 Å². The van der Waals surface area contributed by atoms with Gasteiger partial charge in [-0.05, 0) is 19.8 Å². The van der Waals surface area contributed by atoms with E-state index in [9.17, 15) is 8.42 Å². The maximum absolute atomic E-state index is 11.4. The average molecular weight is 327 g/mol. The number of hydrogen-bond acceptors (Lipinski definition) is 6. The number of rotatable bonds is 4. The van der Waals surface area contributed by atoms with Gasteiger partial charge in [0.1, 0.15) is 5.82 Å². The van der Waals surface area contributed by atoms with E-state index in [1.54, 1.807) is 6.20 Å². The molecule has 2 aromatic rings. The SMILES string of the molecule is Cc1nccn1C[C@H]1CCCN1c1ncc(S(N)(=O)=O)s1. The van der Waals surface area contributed by atoms with Gasteiger partial charge < -0.3 is 9.47 Å². The fourth-order valence-corrected chi connectivity index (χ4v) is 4.25. The predicted octanol–water partition coefficient (Wildman–Crippen LogP) is 0.964. The molecule has 0 aliphatic carbocycles. The molecule has 1 fully saturated rings. The molecule has 3 heterocycles. The lowest BCUT2D eigenvalue weighted by Crippen LogP contribution is -2.32. The molecule has 114 valence electrons. The highest BCUT2D eigenvalue weighted by Gasteiger charge is 2.28. The van der Waals surface area contributed by atoms with Gasteiger partial charge in [-0.15, -0.1) is 0 Å². The quantitative estimate of drug-likeness (QED) is 0.903. The van der Waals surface area contributed by atoms with Crippen LogP contribution >= 0.6 is 11.3 Å². The van der Waals surface area contributed by atoms with Crippen molar-refractivity contribution >= 4 is 26.5 Å². The van der Waals surface area contributed by atoms with Crippen molar-refractivity contribution in [2.45, 2.75) is 36.6 Å². The number of aromatic nitrogens is 3. The molecule has 1 aliphatic rings. The number of thiazole rings is 1. The number of aryl methyl sites for hydroxylation is 1. The molecule has 1 saturated heterocycles. The lowest BCUT2D eigenvalue weighted by Gasteiger charge is -2.24. The molecule has 2 N–H and O–H groups in total. The second kappa shape index (κ2) is 5.39. The van der Waals surface area contributed by atoms with Gasteiger partial charge in [-0.2, -0.15) is 0 Å². The minimum atomic E-state index is -3.67. The molecular formula is C12H17N5O2S2. The molecule has 0 amide bonds. The molecule has 2 aromatic heterocycles. The lowest BCUT2D eigenvalue weighted by molar-refractivity contribution is 0.540. The first-order chi connectivity index (χ1) is 9.95. The maximum Gasteiger partial charge on any atom is 0.249 e. The van der Waals surface area contributed by atoms with Crippen molar-refractivity contribution in [1.82, 2.24) is 14.5 Å². The number of sulfonamides is 1. The van der Waals surface area contributed by atoms with Crippen molar-refractivity contribution in [2.24, 2.45) is 5.14 Å². The Morgan fingerprint density at radius 3 is 2.90 bits per heavy atom. The van der Waals surface area contributed by atoms with E-state index in [0.29, 0.717) is 6.04 Å². The minimum Gasteiger partial charge on any atom is -0.343 e. The van der Waals surface area contributed by atoms with Crippen molar-refractivity contribution in [2.75, 3.05) is 11.4 Å². The molecule has 0 spiro atoms. The molecule has 0 bridgehead atoms. The van der Waals surface area contributed by atoms with E-state index in [0.717, 1.165) is 48.2 Å². The molecule has 7 nitrogen and oxygen atoms in total. The number of imidazole rings is 1. The molecule has 0 radical (unpaired) electrons. The summed E-state index contributed by atoms with van der Waals surface area (Å²) in [6.07, 6.45) is 7.22. The van der Waals surface area contributed by atoms with E-state index in [1.165, 1.54) is 6.20 Å². The van der Waals surface area contributed by atoms with E-state index < -0.39 is 10.0 Å². The molecular weight excluding hydrogens is 310 g/mol. The summed E-state index contributed by atoms with van der Waals surface area (Å²) in [5.74, 6) is 0.978. The van der Waals surface area contributed by atoms with Crippen molar-refractivity contribution in [3.8, 4) is 0 Å². The Balaban J connectivity index is 1.81. The van der Waals surface area contributed by atoms with Crippen LogP contribution in [0.1, 0.15) is 18.7 Å². The molecule has 0 unspecified atom stereocenters. The fraction of sp³-hybridized carbons (Fsp3) is 0.500. The number of anilines is 1. The summed E-state index contributed by atoms with van der Waals surface area (Å²) in [6.45, 7) is 3.69. The number of primary sulfonamides is 1. The molecule has 1 aliphatic heterocycles. The molecule has 0 saturated carbocycles. The summed E-state index contributed by atoms with van der Waals surface area (Å²) in [7, 11) is -3.67. The van der Waals surface area contributed by atoms with Crippen LogP contribution in [0.4, 0.5) is 5.13 Å². The Morgan fingerprint density at radius 1 is 1.48 bits per heavy atom. The average Bonchev–Trinajstić information content (AvgIpc) is 3.10. The second-order valence-corrected chi connectivity index (χ2v) is 7.92. The molecule has 9 heteroatoms. The molecule has 0 aromatic carbocycles. The van der Waals surface area contributed by atoms with Gasteiger partial charge in [-0.25, -0.2) is 23.5 Å². The zero-order chi connectivity index (χ0) is 15.0. The summed E-state index contributed by atoms with van der Waals surface area (Å²) in [5, 5.41) is 5.87. The van der Waals surface area contributed by atoms with E-state index in [-0.39, 0.29) is 4.21 Å². The molecule has 3 rings (SSSR count). The van der Waals surface area contributed by atoms with Gasteiger partial charge in [-0.1, -0.05) is 11.3 Å². The Morgan fingerprint density at radius 2 is 2.29 bits per heavy atom. The van der Waals surface area contributed by atoms with Gasteiger partial charge in [0.25, 0.3) is 0 Å². The highest BCUT2D eigenvalue weighted by Crippen LogP contribution is 2.31. The van der Waals surface area contributed by atoms with Gasteiger partial charge in [-0.3, -0.25) is 0 Å². The first-order valence-corrected chi connectivity index (χ1v) is 9.04. The minimum absolute atomic E-state index is 0.113. The Kier molecular flexibility index (Phi) is 3.72. The zero-order valence-electron chi connectivity index (χ0n) is 11.6. The third-order valence-electron chi connectivity index (χ3n) is 3.71. The van der Waals surface area contributed by atoms with Crippen LogP contribution in [0.3, 0.4) is 0 Å². The van der Waals surface area contributed by atoms with Crippen molar-refractivity contribution in [3.63, 3.8) is 0 Å². The summed E-state index contributed by atoms with van der Waals surface area (Å²) >= 11 is 1.13. The van der Waals surface area contributed by atoms with Crippen LogP contribution in [0.15, 0.2) is 22.8 Å². The highest BCUT2D eigenvalue weighted by atomic mass is 32.2. The van der Waals surface area contributed by atoms with Crippen molar-refractivity contribution in [3.05, 3.63) is 24.4 Å². The van der Waals surface area contributed by atoms with E-state index >= 15 is 0 Å². The second-order valence-electron chi connectivity index (χ2n) is 5.12. The van der Waals surface area contributed by atoms with E-state index in [4.69, 9.17) is 5.14 Å². The van der Waals surface area contributed by atoms with Gasteiger partial charge in [0.15, 0.2) is 9.34 Å². The maximum atomic E-state index is 11.4. The van der Waals surface area contributed by atoms with E-state index in [2.05, 4.69) is 19.4 Å².